The van der Waals surface area contributed by atoms with Gasteiger partial charge in [0.2, 0.25) is 0 Å². The van der Waals surface area contributed by atoms with Crippen molar-refractivity contribution >= 4 is 17.1 Å². The molecule has 3 aliphatic rings. The molecule has 0 amide bonds. The predicted molar refractivity (Wildman–Crippen MR) is 207 cm³/mol. The number of rotatable bonds is 5. The van der Waals surface area contributed by atoms with Crippen molar-refractivity contribution in [2.75, 3.05) is 19.1 Å². The van der Waals surface area contributed by atoms with Crippen molar-refractivity contribution in [1.29, 1.82) is 0 Å². The van der Waals surface area contributed by atoms with Crippen LogP contribution in [-0.2, 0) is 16.2 Å². The Bertz CT molecular complexity index is 2280. The molecule has 0 fully saturated rings. The van der Waals surface area contributed by atoms with E-state index in [-0.39, 0.29) is 16.2 Å². The molecule has 0 spiro atoms. The van der Waals surface area contributed by atoms with E-state index >= 15 is 0 Å². The van der Waals surface area contributed by atoms with Gasteiger partial charge in [0.15, 0.2) is 0 Å². The van der Waals surface area contributed by atoms with Crippen molar-refractivity contribution in [3.8, 4) is 44.9 Å². The van der Waals surface area contributed by atoms with Crippen LogP contribution in [0.3, 0.4) is 0 Å². The Balaban J connectivity index is 1.24. The second-order valence-electron chi connectivity index (χ2n) is 15.8. The number of hydrogen-bond acceptors (Lipinski definition) is 3. The smallest absolute Gasteiger partial charge is 0.119 e. The topological polar surface area (TPSA) is 21.7 Å². The molecule has 3 heteroatoms. The molecule has 0 aromatic heterocycles. The first-order chi connectivity index (χ1) is 23.9. The van der Waals surface area contributed by atoms with Crippen LogP contribution in [0.25, 0.3) is 33.4 Å². The van der Waals surface area contributed by atoms with E-state index in [9.17, 15) is 0 Å². The monoisotopic (exact) mass is 653 g/mol. The minimum Gasteiger partial charge on any atom is -0.497 e. The molecule has 0 atom stereocenters. The van der Waals surface area contributed by atoms with Gasteiger partial charge in [-0.15, -0.1) is 0 Å². The van der Waals surface area contributed by atoms with E-state index < -0.39 is 0 Å². The maximum Gasteiger partial charge on any atom is 0.119 e. The number of hydrogen-bond donors (Lipinski definition) is 0. The first-order valence-electron chi connectivity index (χ1n) is 17.7. The van der Waals surface area contributed by atoms with Crippen LogP contribution in [0.1, 0.15) is 74.9 Å². The van der Waals surface area contributed by atoms with Crippen molar-refractivity contribution in [3.05, 3.63) is 149 Å². The minimum absolute atomic E-state index is 0.102. The van der Waals surface area contributed by atoms with Gasteiger partial charge in [0.05, 0.1) is 14.2 Å². The van der Waals surface area contributed by atoms with E-state index in [1.807, 2.05) is 0 Å². The maximum atomic E-state index is 5.66. The van der Waals surface area contributed by atoms with Crippen LogP contribution >= 0.6 is 0 Å². The highest BCUT2D eigenvalue weighted by molar-refractivity contribution is 5.90. The highest BCUT2D eigenvalue weighted by Crippen LogP contribution is 2.55. The zero-order chi connectivity index (χ0) is 34.7. The van der Waals surface area contributed by atoms with Gasteiger partial charge in [-0.05, 0) is 127 Å². The Morgan fingerprint density at radius 3 is 1.08 bits per heavy atom. The molecule has 50 heavy (non-hydrogen) atoms. The van der Waals surface area contributed by atoms with Crippen LogP contribution in [0, 0.1) is 0 Å². The van der Waals surface area contributed by atoms with Crippen molar-refractivity contribution in [2.24, 2.45) is 0 Å². The fourth-order valence-electron chi connectivity index (χ4n) is 9.22. The summed E-state index contributed by atoms with van der Waals surface area (Å²) in [5.41, 5.74) is 18.9. The van der Waals surface area contributed by atoms with Gasteiger partial charge in [-0.3, -0.25) is 0 Å². The van der Waals surface area contributed by atoms with Gasteiger partial charge in [-0.25, -0.2) is 0 Å². The minimum atomic E-state index is -0.177. The molecule has 0 N–H and O–H groups in total. The molecule has 6 aromatic carbocycles. The van der Waals surface area contributed by atoms with Crippen LogP contribution in [0.15, 0.2) is 115 Å². The first kappa shape index (κ1) is 30.8. The molecule has 0 radical (unpaired) electrons. The zero-order valence-corrected chi connectivity index (χ0v) is 30.2. The lowest BCUT2D eigenvalue weighted by atomic mass is 9.81. The number of benzene rings is 6. The molecule has 3 nitrogen and oxygen atoms in total. The van der Waals surface area contributed by atoms with Crippen LogP contribution in [0.2, 0.25) is 0 Å². The lowest BCUT2D eigenvalue weighted by molar-refractivity contribution is 0.413. The summed E-state index contributed by atoms with van der Waals surface area (Å²) in [5, 5.41) is 0. The van der Waals surface area contributed by atoms with Crippen LogP contribution < -0.4 is 14.4 Å². The summed E-state index contributed by atoms with van der Waals surface area (Å²) in [6.07, 6.45) is 0. The van der Waals surface area contributed by atoms with Crippen molar-refractivity contribution in [3.63, 3.8) is 0 Å². The summed E-state index contributed by atoms with van der Waals surface area (Å²) in [4.78, 5) is 2.47. The largest absolute Gasteiger partial charge is 0.497 e. The summed E-state index contributed by atoms with van der Waals surface area (Å²) in [7, 11) is 3.49. The van der Waals surface area contributed by atoms with Crippen molar-refractivity contribution < 1.29 is 9.47 Å². The Morgan fingerprint density at radius 2 is 0.680 bits per heavy atom. The van der Waals surface area contributed by atoms with Crippen LogP contribution in [0.5, 0.6) is 11.5 Å². The quantitative estimate of drug-likeness (QED) is 0.185. The van der Waals surface area contributed by atoms with E-state index in [4.69, 9.17) is 9.47 Å². The number of anilines is 3. The van der Waals surface area contributed by atoms with Gasteiger partial charge < -0.3 is 14.4 Å². The third-order valence-corrected chi connectivity index (χ3v) is 12.1. The molecule has 9 rings (SSSR count). The average Bonchev–Trinajstić information content (AvgIpc) is 3.60. The van der Waals surface area contributed by atoms with Gasteiger partial charge in [-0.1, -0.05) is 96.1 Å². The Morgan fingerprint density at radius 1 is 0.360 bits per heavy atom. The van der Waals surface area contributed by atoms with Gasteiger partial charge in [0, 0.05) is 33.3 Å². The first-order valence-corrected chi connectivity index (χ1v) is 17.7. The van der Waals surface area contributed by atoms with Crippen molar-refractivity contribution in [1.82, 2.24) is 0 Å². The fourth-order valence-corrected chi connectivity index (χ4v) is 9.22. The molecular formula is C47H43NO2. The summed E-state index contributed by atoms with van der Waals surface area (Å²) in [6.45, 7) is 14.1. The average molecular weight is 654 g/mol. The number of ether oxygens (including phenoxy) is 2. The van der Waals surface area contributed by atoms with Crippen LogP contribution in [0.4, 0.5) is 17.1 Å². The lowest BCUT2D eigenvalue weighted by Crippen LogP contribution is -2.19. The summed E-state index contributed by atoms with van der Waals surface area (Å²) in [6, 6.07) is 43.1. The molecule has 0 aliphatic heterocycles. The van der Waals surface area contributed by atoms with E-state index in [1.54, 1.807) is 14.2 Å². The third kappa shape index (κ3) is 4.10. The van der Waals surface area contributed by atoms with Gasteiger partial charge in [-0.2, -0.15) is 0 Å². The summed E-state index contributed by atoms with van der Waals surface area (Å²) >= 11 is 0. The third-order valence-electron chi connectivity index (χ3n) is 12.1. The standard InChI is InChI=1S/C47H43NO2/c1-45(2)39-12-10-9-11-33(39)34-18-13-28(23-40(34)45)48(29-14-19-35-37-21-16-31(49-7)26-43(37)46(3,4)41(35)24-29)30-15-20-36-38-22-17-32(50-8)27-44(38)47(5,6)42(36)25-30/h9-27H,1-8H3. The van der Waals surface area contributed by atoms with E-state index in [1.165, 1.54) is 66.8 Å². The highest BCUT2D eigenvalue weighted by atomic mass is 16.5. The van der Waals surface area contributed by atoms with E-state index in [2.05, 4.69) is 162 Å². The SMILES string of the molecule is COc1ccc2c(c1)C(C)(C)c1cc(N(c3ccc4c(c3)C(C)(C)c3ccccc3-4)c3ccc4c(c3)C(C)(C)c3cc(OC)ccc3-4)ccc1-2. The number of methoxy groups -OCH3 is 2. The van der Waals surface area contributed by atoms with Crippen LogP contribution in [-0.4, -0.2) is 14.2 Å². The Kier molecular flexibility index (Phi) is 6.38. The Labute approximate surface area is 296 Å². The van der Waals surface area contributed by atoms with E-state index in [0.29, 0.717) is 0 Å². The number of fused-ring (bicyclic) bond motifs is 9. The maximum absolute atomic E-state index is 5.66. The van der Waals surface area contributed by atoms with Crippen molar-refractivity contribution in [2.45, 2.75) is 57.8 Å². The van der Waals surface area contributed by atoms with Gasteiger partial charge >= 0.3 is 0 Å². The summed E-state index contributed by atoms with van der Waals surface area (Å²) < 4.78 is 11.3. The molecule has 6 aromatic rings. The Hall–Kier alpha value is -5.28. The van der Waals surface area contributed by atoms with Gasteiger partial charge in [0.25, 0.3) is 0 Å². The molecule has 248 valence electrons. The second-order valence-corrected chi connectivity index (χ2v) is 15.8. The summed E-state index contributed by atoms with van der Waals surface area (Å²) in [5.74, 6) is 1.79. The molecule has 0 unspecified atom stereocenters. The predicted octanol–water partition coefficient (Wildman–Crippen LogP) is 12.1. The molecule has 0 saturated heterocycles. The molecule has 0 bridgehead atoms. The molecule has 3 aliphatic carbocycles. The molecule has 0 heterocycles. The second kappa shape index (κ2) is 10.4. The fraction of sp³-hybridized carbons (Fsp3) is 0.234. The highest BCUT2D eigenvalue weighted by Gasteiger charge is 2.39. The number of nitrogens with zero attached hydrogens (tertiary/aromatic N) is 1. The van der Waals surface area contributed by atoms with Gasteiger partial charge in [0.1, 0.15) is 11.5 Å². The molecular weight excluding hydrogens is 611 g/mol. The lowest BCUT2D eigenvalue weighted by Gasteiger charge is -2.31. The zero-order valence-electron chi connectivity index (χ0n) is 30.2. The van der Waals surface area contributed by atoms with E-state index in [0.717, 1.165) is 28.6 Å². The normalized spacial score (nSPS) is 16.1. The molecule has 0 saturated carbocycles.